The molecule has 2 N–H and O–H groups in total. The van der Waals surface area contributed by atoms with Crippen LogP contribution in [0.25, 0.3) is 11.3 Å². The summed E-state index contributed by atoms with van der Waals surface area (Å²) in [4.78, 5) is 8.71. The standard InChI is InChI=1S/C16H22N4O.HI/c1-4-17-16(18-5-2)20-11-15-19-10-14(21-15)13-8-6-12(3)7-9-13;/h6-10H,4-5,11H2,1-3H3,(H2,17,18,20);1H. The Labute approximate surface area is 148 Å². The summed E-state index contributed by atoms with van der Waals surface area (Å²) in [5.74, 6) is 2.16. The zero-order valence-electron chi connectivity index (χ0n) is 13.2. The van der Waals surface area contributed by atoms with E-state index in [-0.39, 0.29) is 24.0 Å². The van der Waals surface area contributed by atoms with Crippen molar-refractivity contribution in [1.82, 2.24) is 15.6 Å². The fourth-order valence-electron chi connectivity index (χ4n) is 1.89. The van der Waals surface area contributed by atoms with Gasteiger partial charge in [-0.2, -0.15) is 0 Å². The molecule has 2 aromatic rings. The van der Waals surface area contributed by atoms with E-state index in [9.17, 15) is 0 Å². The van der Waals surface area contributed by atoms with E-state index < -0.39 is 0 Å². The second-order valence-electron chi connectivity index (χ2n) is 4.71. The largest absolute Gasteiger partial charge is 0.439 e. The average molecular weight is 414 g/mol. The van der Waals surface area contributed by atoms with Crippen LogP contribution in [0, 0.1) is 6.92 Å². The van der Waals surface area contributed by atoms with Crippen molar-refractivity contribution in [3.63, 3.8) is 0 Å². The van der Waals surface area contributed by atoms with Crippen LogP contribution >= 0.6 is 24.0 Å². The smallest absolute Gasteiger partial charge is 0.216 e. The Morgan fingerprint density at radius 2 is 1.77 bits per heavy atom. The topological polar surface area (TPSA) is 62.5 Å². The van der Waals surface area contributed by atoms with Gasteiger partial charge >= 0.3 is 0 Å². The Hall–Kier alpha value is -1.57. The van der Waals surface area contributed by atoms with Crippen LogP contribution in [-0.4, -0.2) is 24.0 Å². The number of guanidine groups is 1. The molecule has 1 heterocycles. The van der Waals surface area contributed by atoms with Crippen molar-refractivity contribution in [2.75, 3.05) is 13.1 Å². The molecular formula is C16H23IN4O. The molecule has 0 aliphatic carbocycles. The van der Waals surface area contributed by atoms with Crippen molar-refractivity contribution in [1.29, 1.82) is 0 Å². The molecule has 5 nitrogen and oxygen atoms in total. The second-order valence-corrected chi connectivity index (χ2v) is 4.71. The Kier molecular flexibility index (Phi) is 7.94. The van der Waals surface area contributed by atoms with Crippen molar-refractivity contribution < 1.29 is 4.42 Å². The molecule has 0 atom stereocenters. The molecular weight excluding hydrogens is 391 g/mol. The van der Waals surface area contributed by atoms with E-state index in [1.54, 1.807) is 6.20 Å². The van der Waals surface area contributed by atoms with Crippen LogP contribution in [0.3, 0.4) is 0 Å². The molecule has 120 valence electrons. The summed E-state index contributed by atoms with van der Waals surface area (Å²) in [5.41, 5.74) is 2.26. The first-order valence-corrected chi connectivity index (χ1v) is 7.26. The molecule has 0 fully saturated rings. The van der Waals surface area contributed by atoms with Gasteiger partial charge < -0.3 is 15.1 Å². The third-order valence-electron chi connectivity index (χ3n) is 2.95. The van der Waals surface area contributed by atoms with Crippen molar-refractivity contribution in [3.8, 4) is 11.3 Å². The first kappa shape index (κ1) is 18.5. The van der Waals surface area contributed by atoms with Crippen molar-refractivity contribution in [3.05, 3.63) is 41.9 Å². The maximum absolute atomic E-state index is 5.74. The van der Waals surface area contributed by atoms with Gasteiger partial charge in [-0.25, -0.2) is 9.98 Å². The highest BCUT2D eigenvalue weighted by atomic mass is 127. The van der Waals surface area contributed by atoms with Crippen LogP contribution in [0.4, 0.5) is 0 Å². The molecule has 1 aromatic heterocycles. The van der Waals surface area contributed by atoms with E-state index in [0.29, 0.717) is 12.4 Å². The summed E-state index contributed by atoms with van der Waals surface area (Å²) in [7, 11) is 0. The lowest BCUT2D eigenvalue weighted by Crippen LogP contribution is -2.36. The summed E-state index contributed by atoms with van der Waals surface area (Å²) >= 11 is 0. The van der Waals surface area contributed by atoms with Gasteiger partial charge in [0.2, 0.25) is 5.89 Å². The molecule has 0 amide bonds. The molecule has 0 saturated heterocycles. The van der Waals surface area contributed by atoms with Gasteiger partial charge in [-0.15, -0.1) is 24.0 Å². The molecule has 1 aromatic carbocycles. The predicted molar refractivity (Wildman–Crippen MR) is 101 cm³/mol. The third-order valence-corrected chi connectivity index (χ3v) is 2.95. The quantitative estimate of drug-likeness (QED) is 0.448. The van der Waals surface area contributed by atoms with E-state index in [1.807, 2.05) is 26.0 Å². The fraction of sp³-hybridized carbons (Fsp3) is 0.375. The normalized spacial score (nSPS) is 9.77. The van der Waals surface area contributed by atoms with Crippen LogP contribution in [0.1, 0.15) is 25.3 Å². The number of aromatic nitrogens is 1. The number of hydrogen-bond acceptors (Lipinski definition) is 3. The minimum Gasteiger partial charge on any atom is -0.439 e. The minimum atomic E-state index is 0. The number of hydrogen-bond donors (Lipinski definition) is 2. The van der Waals surface area contributed by atoms with Gasteiger partial charge in [-0.1, -0.05) is 29.8 Å². The van der Waals surface area contributed by atoms with Gasteiger partial charge in [-0.05, 0) is 20.8 Å². The van der Waals surface area contributed by atoms with Crippen LogP contribution in [-0.2, 0) is 6.54 Å². The molecule has 2 rings (SSSR count). The Morgan fingerprint density at radius 1 is 1.14 bits per heavy atom. The van der Waals surface area contributed by atoms with E-state index in [0.717, 1.165) is 30.4 Å². The summed E-state index contributed by atoms with van der Waals surface area (Å²) in [5, 5.41) is 6.34. The van der Waals surface area contributed by atoms with Crippen molar-refractivity contribution in [2.45, 2.75) is 27.3 Å². The molecule has 0 aliphatic rings. The number of benzene rings is 1. The molecule has 22 heavy (non-hydrogen) atoms. The summed E-state index contributed by atoms with van der Waals surface area (Å²) in [6.45, 7) is 8.20. The van der Waals surface area contributed by atoms with Crippen LogP contribution in [0.5, 0.6) is 0 Å². The fourth-order valence-corrected chi connectivity index (χ4v) is 1.89. The summed E-state index contributed by atoms with van der Waals surface area (Å²) in [6.07, 6.45) is 1.75. The Balaban J connectivity index is 0.00000242. The Morgan fingerprint density at radius 3 is 2.36 bits per heavy atom. The van der Waals surface area contributed by atoms with Gasteiger partial charge in [0, 0.05) is 18.7 Å². The van der Waals surface area contributed by atoms with E-state index in [2.05, 4.69) is 39.7 Å². The zero-order chi connectivity index (χ0) is 15.1. The third kappa shape index (κ3) is 5.32. The number of oxazole rings is 1. The number of nitrogens with zero attached hydrogens (tertiary/aromatic N) is 2. The van der Waals surface area contributed by atoms with E-state index in [1.165, 1.54) is 5.56 Å². The van der Waals surface area contributed by atoms with Gasteiger partial charge in [0.25, 0.3) is 0 Å². The van der Waals surface area contributed by atoms with Crippen LogP contribution in [0.15, 0.2) is 39.9 Å². The summed E-state index contributed by atoms with van der Waals surface area (Å²) < 4.78 is 5.74. The highest BCUT2D eigenvalue weighted by molar-refractivity contribution is 14.0. The molecule has 0 spiro atoms. The predicted octanol–water partition coefficient (Wildman–Crippen LogP) is 3.34. The van der Waals surface area contributed by atoms with Gasteiger partial charge in [0.15, 0.2) is 11.7 Å². The zero-order valence-corrected chi connectivity index (χ0v) is 15.5. The van der Waals surface area contributed by atoms with E-state index in [4.69, 9.17) is 4.42 Å². The molecule has 0 aliphatic heterocycles. The van der Waals surface area contributed by atoms with Gasteiger partial charge in [-0.3, -0.25) is 0 Å². The highest BCUT2D eigenvalue weighted by Crippen LogP contribution is 2.20. The highest BCUT2D eigenvalue weighted by Gasteiger charge is 2.06. The number of rotatable bonds is 5. The SMILES string of the molecule is CCNC(=NCc1ncc(-c2ccc(C)cc2)o1)NCC.I. The first-order chi connectivity index (χ1) is 10.2. The number of aryl methyl sites for hydroxylation is 1. The van der Waals surface area contributed by atoms with Crippen molar-refractivity contribution in [2.24, 2.45) is 4.99 Å². The number of aliphatic imine (C=N–C) groups is 1. The lowest BCUT2D eigenvalue weighted by atomic mass is 10.1. The number of halogens is 1. The molecule has 0 saturated carbocycles. The second kappa shape index (κ2) is 9.45. The maximum atomic E-state index is 5.74. The number of nitrogens with one attached hydrogen (secondary N) is 2. The van der Waals surface area contributed by atoms with Gasteiger partial charge in [0.1, 0.15) is 6.54 Å². The van der Waals surface area contributed by atoms with E-state index >= 15 is 0 Å². The monoisotopic (exact) mass is 414 g/mol. The Bertz CT molecular complexity index is 584. The lowest BCUT2D eigenvalue weighted by molar-refractivity contribution is 0.509. The first-order valence-electron chi connectivity index (χ1n) is 7.26. The van der Waals surface area contributed by atoms with Gasteiger partial charge in [0.05, 0.1) is 6.20 Å². The van der Waals surface area contributed by atoms with Crippen LogP contribution < -0.4 is 10.6 Å². The molecule has 0 bridgehead atoms. The lowest BCUT2D eigenvalue weighted by Gasteiger charge is -2.07. The summed E-state index contributed by atoms with van der Waals surface area (Å²) in [6, 6.07) is 8.19. The molecule has 0 unspecified atom stereocenters. The van der Waals surface area contributed by atoms with Crippen molar-refractivity contribution >= 4 is 29.9 Å². The minimum absolute atomic E-state index is 0. The average Bonchev–Trinajstić information content (AvgIpc) is 2.95. The maximum Gasteiger partial charge on any atom is 0.216 e. The van der Waals surface area contributed by atoms with Crippen LogP contribution in [0.2, 0.25) is 0 Å². The molecule has 6 heteroatoms. The molecule has 0 radical (unpaired) electrons.